The first-order chi connectivity index (χ1) is 13.3. The Labute approximate surface area is 181 Å². The van der Waals surface area contributed by atoms with Crippen molar-refractivity contribution in [2.75, 3.05) is 20.7 Å². The van der Waals surface area contributed by atoms with Crippen LogP contribution in [0.3, 0.4) is 0 Å². The van der Waals surface area contributed by atoms with Crippen LogP contribution < -0.4 is 9.47 Å². The number of hydrogen-bond acceptors (Lipinski definition) is 4. The number of likely N-dealkylation sites (N-methyl/N-ethyl adjacent to an activating group) is 1. The van der Waals surface area contributed by atoms with E-state index < -0.39 is 0 Å². The molecule has 0 aliphatic rings. The van der Waals surface area contributed by atoms with Crippen molar-refractivity contribution in [1.82, 2.24) is 4.90 Å². The molecule has 2 aromatic rings. The molecule has 1 amide bonds. The molecular weight excluding hydrogens is 488 g/mol. The Morgan fingerprint density at radius 2 is 1.86 bits per heavy atom. The zero-order valence-electron chi connectivity index (χ0n) is 15.8. The quantitative estimate of drug-likeness (QED) is 0.382. The average molecular weight is 508 g/mol. The van der Waals surface area contributed by atoms with Gasteiger partial charge in [-0.05, 0) is 64.3 Å². The average Bonchev–Trinajstić information content (AvgIpc) is 2.66. The molecule has 28 heavy (non-hydrogen) atoms. The molecule has 0 atom stereocenters. The maximum absolute atomic E-state index is 12.1. The van der Waals surface area contributed by atoms with Gasteiger partial charge in [0, 0.05) is 18.6 Å². The van der Waals surface area contributed by atoms with E-state index in [1.54, 1.807) is 26.2 Å². The molecular formula is C21H20Br2N2O3. The summed E-state index contributed by atoms with van der Waals surface area (Å²) in [5, 5.41) is 9.30. The summed E-state index contributed by atoms with van der Waals surface area (Å²) < 4.78 is 13.4. The Bertz CT molecular complexity index is 916. The van der Waals surface area contributed by atoms with E-state index in [0.717, 1.165) is 10.0 Å². The monoisotopic (exact) mass is 506 g/mol. The summed E-state index contributed by atoms with van der Waals surface area (Å²) in [6.45, 7) is 2.71. The molecule has 0 bridgehead atoms. The van der Waals surface area contributed by atoms with E-state index in [9.17, 15) is 10.1 Å². The van der Waals surface area contributed by atoms with Crippen molar-refractivity contribution in [3.05, 3.63) is 62.0 Å². The summed E-state index contributed by atoms with van der Waals surface area (Å²) in [4.78, 5) is 13.5. The van der Waals surface area contributed by atoms with E-state index in [1.165, 1.54) is 11.0 Å². The number of rotatable bonds is 7. The first-order valence-corrected chi connectivity index (χ1v) is 10.1. The van der Waals surface area contributed by atoms with Crippen LogP contribution in [-0.4, -0.2) is 31.5 Å². The fourth-order valence-corrected chi connectivity index (χ4v) is 3.20. The minimum atomic E-state index is -0.354. The van der Waals surface area contributed by atoms with Gasteiger partial charge in [-0.2, -0.15) is 5.26 Å². The van der Waals surface area contributed by atoms with Gasteiger partial charge in [0.2, 0.25) is 0 Å². The van der Waals surface area contributed by atoms with Crippen molar-refractivity contribution in [3.8, 4) is 17.6 Å². The highest BCUT2D eigenvalue weighted by atomic mass is 79.9. The predicted octanol–water partition coefficient (Wildman–Crippen LogP) is 5.18. The molecule has 0 spiro atoms. The van der Waals surface area contributed by atoms with Gasteiger partial charge >= 0.3 is 0 Å². The topological polar surface area (TPSA) is 62.6 Å². The lowest BCUT2D eigenvalue weighted by Gasteiger charge is -2.15. The Hall–Kier alpha value is -2.30. The maximum Gasteiger partial charge on any atom is 0.264 e. The van der Waals surface area contributed by atoms with Crippen LogP contribution in [0.1, 0.15) is 18.1 Å². The number of carbonyl (C=O) groups excluding carboxylic acids is 1. The molecule has 0 heterocycles. The lowest BCUT2D eigenvalue weighted by molar-refractivity contribution is -0.124. The van der Waals surface area contributed by atoms with Crippen molar-refractivity contribution < 1.29 is 14.3 Å². The van der Waals surface area contributed by atoms with E-state index in [4.69, 9.17) is 9.47 Å². The second kappa shape index (κ2) is 10.3. The first kappa shape index (κ1) is 22.0. The fraction of sp³-hybridized carbons (Fsp3) is 0.238. The maximum atomic E-state index is 12.1. The van der Waals surface area contributed by atoms with Gasteiger partial charge in [-0.15, -0.1) is 0 Å². The molecule has 0 aromatic heterocycles. The summed E-state index contributed by atoms with van der Waals surface area (Å²) >= 11 is 6.92. The van der Waals surface area contributed by atoms with Gasteiger partial charge in [-0.1, -0.05) is 28.1 Å². The molecule has 0 unspecified atom stereocenters. The molecule has 2 rings (SSSR count). The van der Waals surface area contributed by atoms with Crippen molar-refractivity contribution in [2.45, 2.75) is 13.5 Å². The van der Waals surface area contributed by atoms with Gasteiger partial charge in [0.25, 0.3) is 5.91 Å². The number of ether oxygens (including phenoxy) is 2. The van der Waals surface area contributed by atoms with Crippen LogP contribution in [0, 0.1) is 11.3 Å². The van der Waals surface area contributed by atoms with Crippen LogP contribution in [0.25, 0.3) is 6.08 Å². The molecule has 0 N–H and O–H groups in total. The molecule has 0 saturated heterocycles. The van der Waals surface area contributed by atoms with Gasteiger partial charge in [-0.3, -0.25) is 4.79 Å². The van der Waals surface area contributed by atoms with E-state index in [0.29, 0.717) is 34.7 Å². The van der Waals surface area contributed by atoms with E-state index in [-0.39, 0.29) is 11.5 Å². The Morgan fingerprint density at radius 1 is 1.18 bits per heavy atom. The van der Waals surface area contributed by atoms with Gasteiger partial charge in [0.15, 0.2) is 11.5 Å². The normalized spacial score (nSPS) is 10.9. The molecule has 7 heteroatoms. The predicted molar refractivity (Wildman–Crippen MR) is 116 cm³/mol. The molecule has 5 nitrogen and oxygen atoms in total. The van der Waals surface area contributed by atoms with E-state index in [1.807, 2.05) is 37.3 Å². The summed E-state index contributed by atoms with van der Waals surface area (Å²) in [7, 11) is 3.21. The van der Waals surface area contributed by atoms with Gasteiger partial charge in [0.1, 0.15) is 18.2 Å². The number of amides is 1. The number of hydrogen-bond donors (Lipinski definition) is 0. The lowest BCUT2D eigenvalue weighted by atomic mass is 10.1. The third-order valence-electron chi connectivity index (χ3n) is 3.70. The highest BCUT2D eigenvalue weighted by Gasteiger charge is 2.15. The number of benzene rings is 2. The number of carbonyl (C=O) groups is 1. The molecule has 0 radical (unpaired) electrons. The SMILES string of the molecule is CCOc1cc(/C=C(/C#N)C(=O)N(C)C)cc(Br)c1OCc1ccc(Br)cc1. The minimum absolute atomic E-state index is 0.0443. The molecule has 0 saturated carbocycles. The van der Waals surface area contributed by atoms with Crippen LogP contribution in [0.5, 0.6) is 11.5 Å². The van der Waals surface area contributed by atoms with Crippen LogP contribution in [-0.2, 0) is 11.4 Å². The van der Waals surface area contributed by atoms with Crippen molar-refractivity contribution in [2.24, 2.45) is 0 Å². The Balaban J connectivity index is 2.34. The summed E-state index contributed by atoms with van der Waals surface area (Å²) in [6.07, 6.45) is 1.54. The summed E-state index contributed by atoms with van der Waals surface area (Å²) in [5.74, 6) is 0.751. The highest BCUT2D eigenvalue weighted by molar-refractivity contribution is 9.10. The van der Waals surface area contributed by atoms with Crippen molar-refractivity contribution in [1.29, 1.82) is 5.26 Å². The highest BCUT2D eigenvalue weighted by Crippen LogP contribution is 2.38. The van der Waals surface area contributed by atoms with Crippen LogP contribution in [0.4, 0.5) is 0 Å². The third kappa shape index (κ3) is 5.85. The lowest BCUT2D eigenvalue weighted by Crippen LogP contribution is -2.22. The van der Waals surface area contributed by atoms with Crippen molar-refractivity contribution in [3.63, 3.8) is 0 Å². The second-order valence-electron chi connectivity index (χ2n) is 6.05. The summed E-state index contributed by atoms with van der Waals surface area (Å²) in [5.41, 5.74) is 1.73. The second-order valence-corrected chi connectivity index (χ2v) is 7.82. The molecule has 0 fully saturated rings. The van der Waals surface area contributed by atoms with Gasteiger partial charge in [0.05, 0.1) is 11.1 Å². The molecule has 0 aliphatic carbocycles. The Kier molecular flexibility index (Phi) is 8.09. The fourth-order valence-electron chi connectivity index (χ4n) is 2.36. The standard InChI is InChI=1S/C21H20Br2N2O3/c1-4-27-19-11-15(9-16(12-24)21(26)25(2)3)10-18(23)20(19)28-13-14-5-7-17(22)8-6-14/h5-11H,4,13H2,1-3H3/b16-9-. The largest absolute Gasteiger partial charge is 0.490 e. The smallest absolute Gasteiger partial charge is 0.264 e. The zero-order chi connectivity index (χ0) is 20.7. The van der Waals surface area contributed by atoms with Crippen molar-refractivity contribution >= 4 is 43.8 Å². The van der Waals surface area contributed by atoms with Crippen LogP contribution >= 0.6 is 31.9 Å². The number of nitriles is 1. The van der Waals surface area contributed by atoms with Gasteiger partial charge in [-0.25, -0.2) is 0 Å². The number of halogens is 2. The van der Waals surface area contributed by atoms with E-state index >= 15 is 0 Å². The third-order valence-corrected chi connectivity index (χ3v) is 4.81. The molecule has 2 aromatic carbocycles. The molecule has 0 aliphatic heterocycles. The van der Waals surface area contributed by atoms with Crippen LogP contribution in [0.15, 0.2) is 50.9 Å². The van der Waals surface area contributed by atoms with Crippen LogP contribution in [0.2, 0.25) is 0 Å². The minimum Gasteiger partial charge on any atom is -0.490 e. The summed E-state index contributed by atoms with van der Waals surface area (Å²) in [6, 6.07) is 13.4. The van der Waals surface area contributed by atoms with E-state index in [2.05, 4.69) is 31.9 Å². The Morgan fingerprint density at radius 3 is 2.43 bits per heavy atom. The first-order valence-electron chi connectivity index (χ1n) is 8.52. The zero-order valence-corrected chi connectivity index (χ0v) is 19.0. The van der Waals surface area contributed by atoms with Gasteiger partial charge < -0.3 is 14.4 Å². The molecule has 146 valence electrons. The number of nitrogens with zero attached hydrogens (tertiary/aromatic N) is 2.